The van der Waals surface area contributed by atoms with Crippen molar-refractivity contribution in [3.8, 4) is 0 Å². The van der Waals surface area contributed by atoms with Crippen LogP contribution < -0.4 is 0 Å². The van der Waals surface area contributed by atoms with Gasteiger partial charge in [-0.05, 0) is 18.1 Å². The Bertz CT molecular complexity index is 556. The molecule has 110 valence electrons. The van der Waals surface area contributed by atoms with E-state index in [-0.39, 0.29) is 0 Å². The Morgan fingerprint density at radius 3 is 2.20 bits per heavy atom. The van der Waals surface area contributed by atoms with Gasteiger partial charge in [0, 0.05) is 32.7 Å². The summed E-state index contributed by atoms with van der Waals surface area (Å²) in [4.78, 5) is 2.30. The van der Waals surface area contributed by atoms with Crippen LogP contribution in [0, 0.1) is 0 Å². The van der Waals surface area contributed by atoms with Gasteiger partial charge in [0.1, 0.15) is 0 Å². The van der Waals surface area contributed by atoms with Crippen LogP contribution in [-0.4, -0.2) is 50.1 Å². The number of allylic oxidation sites excluding steroid dienone is 1. The average molecular weight is 294 g/mol. The number of benzene rings is 1. The van der Waals surface area contributed by atoms with Crippen LogP contribution in [-0.2, 0) is 16.6 Å². The molecule has 0 unspecified atom stereocenters. The summed E-state index contributed by atoms with van der Waals surface area (Å²) in [5.41, 5.74) is 2.48. The van der Waals surface area contributed by atoms with Crippen LogP contribution >= 0.6 is 0 Å². The number of hydrogen-bond donors (Lipinski definition) is 0. The van der Waals surface area contributed by atoms with Crippen molar-refractivity contribution in [3.05, 3.63) is 41.5 Å². The smallest absolute Gasteiger partial charge is 0.211 e. The van der Waals surface area contributed by atoms with E-state index >= 15 is 0 Å². The van der Waals surface area contributed by atoms with Gasteiger partial charge in [0.25, 0.3) is 0 Å². The first-order valence-corrected chi connectivity index (χ1v) is 8.73. The highest BCUT2D eigenvalue weighted by molar-refractivity contribution is 7.88. The lowest BCUT2D eigenvalue weighted by Gasteiger charge is -2.33. The number of hydrogen-bond acceptors (Lipinski definition) is 3. The van der Waals surface area contributed by atoms with Crippen LogP contribution in [0.4, 0.5) is 0 Å². The largest absolute Gasteiger partial charge is 0.296 e. The third-order valence-corrected chi connectivity index (χ3v) is 4.85. The van der Waals surface area contributed by atoms with E-state index in [9.17, 15) is 8.42 Å². The van der Waals surface area contributed by atoms with Gasteiger partial charge in [0.05, 0.1) is 6.26 Å². The molecule has 0 spiro atoms. The Hall–Kier alpha value is -1.17. The molecule has 1 aromatic rings. The zero-order chi connectivity index (χ0) is 14.6. The van der Waals surface area contributed by atoms with Crippen LogP contribution in [0.25, 0.3) is 6.08 Å². The standard InChI is InChI=1S/C15H22N2O2S/c1-3-4-14-5-7-15(8-6-14)13-16-9-11-17(12-10-16)20(2,18)19/h3-8H,9-13H2,1-2H3/b4-3+. The van der Waals surface area contributed by atoms with Crippen molar-refractivity contribution in [3.63, 3.8) is 0 Å². The molecule has 5 heteroatoms. The molecule has 1 aliphatic heterocycles. The van der Waals surface area contributed by atoms with Crippen molar-refractivity contribution in [1.82, 2.24) is 9.21 Å². The summed E-state index contributed by atoms with van der Waals surface area (Å²) >= 11 is 0. The van der Waals surface area contributed by atoms with Gasteiger partial charge in [-0.25, -0.2) is 8.42 Å². The lowest BCUT2D eigenvalue weighted by atomic mass is 10.1. The lowest BCUT2D eigenvalue weighted by molar-refractivity contribution is 0.182. The summed E-state index contributed by atoms with van der Waals surface area (Å²) in [7, 11) is -3.04. The van der Waals surface area contributed by atoms with Crippen molar-refractivity contribution >= 4 is 16.1 Å². The number of sulfonamides is 1. The summed E-state index contributed by atoms with van der Waals surface area (Å²) in [6, 6.07) is 8.50. The molecular formula is C15H22N2O2S. The fourth-order valence-corrected chi connectivity index (χ4v) is 3.23. The molecular weight excluding hydrogens is 272 g/mol. The molecule has 1 aromatic carbocycles. The third-order valence-electron chi connectivity index (χ3n) is 3.55. The van der Waals surface area contributed by atoms with E-state index in [1.54, 1.807) is 4.31 Å². The Balaban J connectivity index is 1.89. The first-order chi connectivity index (χ1) is 9.49. The third kappa shape index (κ3) is 4.16. The van der Waals surface area contributed by atoms with Crippen LogP contribution in [0.3, 0.4) is 0 Å². The second-order valence-corrected chi connectivity index (χ2v) is 7.16. The molecule has 1 fully saturated rings. The van der Waals surface area contributed by atoms with Crippen molar-refractivity contribution in [2.24, 2.45) is 0 Å². The van der Waals surface area contributed by atoms with E-state index in [0.29, 0.717) is 13.1 Å². The van der Waals surface area contributed by atoms with E-state index in [4.69, 9.17) is 0 Å². The first kappa shape index (κ1) is 15.2. The maximum Gasteiger partial charge on any atom is 0.211 e. The Kier molecular flexibility index (Phi) is 4.96. The van der Waals surface area contributed by atoms with Gasteiger partial charge in [-0.3, -0.25) is 4.90 Å². The predicted molar refractivity (Wildman–Crippen MR) is 82.8 cm³/mol. The summed E-state index contributed by atoms with van der Waals surface area (Å²) in [5.74, 6) is 0. The average Bonchev–Trinajstić information content (AvgIpc) is 2.41. The minimum Gasteiger partial charge on any atom is -0.296 e. The summed E-state index contributed by atoms with van der Waals surface area (Å²) in [6.07, 6.45) is 5.39. The number of piperazine rings is 1. The molecule has 0 amide bonds. The highest BCUT2D eigenvalue weighted by atomic mass is 32.2. The number of rotatable bonds is 4. The van der Waals surface area contributed by atoms with E-state index < -0.39 is 10.0 Å². The lowest BCUT2D eigenvalue weighted by Crippen LogP contribution is -2.47. The Morgan fingerprint density at radius 2 is 1.70 bits per heavy atom. The molecule has 0 saturated carbocycles. The maximum absolute atomic E-state index is 11.5. The molecule has 0 aromatic heterocycles. The molecule has 2 rings (SSSR count). The molecule has 0 aliphatic carbocycles. The summed E-state index contributed by atoms with van der Waals surface area (Å²) in [5, 5.41) is 0. The van der Waals surface area contributed by atoms with Crippen LogP contribution in [0.15, 0.2) is 30.3 Å². The SMILES string of the molecule is C/C=C/c1ccc(CN2CCN(S(C)(=O)=O)CC2)cc1. The van der Waals surface area contributed by atoms with Gasteiger partial charge in [-0.15, -0.1) is 0 Å². The zero-order valence-electron chi connectivity index (χ0n) is 12.1. The molecule has 1 aliphatic rings. The van der Waals surface area contributed by atoms with Crippen LogP contribution in [0.2, 0.25) is 0 Å². The number of nitrogens with zero attached hydrogens (tertiary/aromatic N) is 2. The van der Waals surface area contributed by atoms with E-state index in [1.807, 2.05) is 13.0 Å². The summed E-state index contributed by atoms with van der Waals surface area (Å²) in [6.45, 7) is 5.67. The molecule has 0 bridgehead atoms. The van der Waals surface area contributed by atoms with Crippen LogP contribution in [0.1, 0.15) is 18.1 Å². The zero-order valence-corrected chi connectivity index (χ0v) is 12.9. The second kappa shape index (κ2) is 6.52. The predicted octanol–water partition coefficient (Wildman–Crippen LogP) is 1.80. The van der Waals surface area contributed by atoms with Gasteiger partial charge in [-0.1, -0.05) is 36.4 Å². The highest BCUT2D eigenvalue weighted by Gasteiger charge is 2.23. The van der Waals surface area contributed by atoms with E-state index in [2.05, 4.69) is 35.2 Å². The Labute approximate surface area is 121 Å². The van der Waals surface area contributed by atoms with Gasteiger partial charge >= 0.3 is 0 Å². The Morgan fingerprint density at radius 1 is 1.10 bits per heavy atom. The minimum absolute atomic E-state index is 0.593. The molecule has 1 heterocycles. The van der Waals surface area contributed by atoms with Gasteiger partial charge in [0.2, 0.25) is 10.0 Å². The van der Waals surface area contributed by atoms with Crippen LogP contribution in [0.5, 0.6) is 0 Å². The van der Waals surface area contributed by atoms with E-state index in [1.165, 1.54) is 17.4 Å². The van der Waals surface area contributed by atoms with Crippen molar-refractivity contribution < 1.29 is 8.42 Å². The molecule has 0 N–H and O–H groups in total. The highest BCUT2D eigenvalue weighted by Crippen LogP contribution is 2.12. The van der Waals surface area contributed by atoms with Gasteiger partial charge < -0.3 is 0 Å². The van der Waals surface area contributed by atoms with E-state index in [0.717, 1.165) is 19.6 Å². The van der Waals surface area contributed by atoms with Gasteiger partial charge in [-0.2, -0.15) is 4.31 Å². The minimum atomic E-state index is -3.04. The first-order valence-electron chi connectivity index (χ1n) is 6.88. The maximum atomic E-state index is 11.5. The fraction of sp³-hybridized carbons (Fsp3) is 0.467. The molecule has 20 heavy (non-hydrogen) atoms. The molecule has 0 atom stereocenters. The van der Waals surface area contributed by atoms with Crippen molar-refractivity contribution in [2.75, 3.05) is 32.4 Å². The normalized spacial score (nSPS) is 18.7. The quantitative estimate of drug-likeness (QED) is 0.850. The summed E-state index contributed by atoms with van der Waals surface area (Å²) < 4.78 is 24.5. The van der Waals surface area contributed by atoms with Crippen molar-refractivity contribution in [1.29, 1.82) is 0 Å². The van der Waals surface area contributed by atoms with Crippen molar-refractivity contribution in [2.45, 2.75) is 13.5 Å². The molecule has 0 radical (unpaired) electrons. The molecule has 4 nitrogen and oxygen atoms in total. The molecule has 1 saturated heterocycles. The second-order valence-electron chi connectivity index (χ2n) is 5.18. The topological polar surface area (TPSA) is 40.6 Å². The fourth-order valence-electron chi connectivity index (χ4n) is 2.40. The monoisotopic (exact) mass is 294 g/mol. The van der Waals surface area contributed by atoms with Gasteiger partial charge in [0.15, 0.2) is 0 Å².